The number of rotatable bonds is 7. The SMILES string of the molecule is COc1cc2nccc(Oc3ccc(NC(=O)C(=O)NCC4=CCCC(C(F)(F)F)=C4)cc3F)c2cc1OC. The molecule has 1 aromatic heterocycles. The Labute approximate surface area is 220 Å². The number of aromatic nitrogens is 1. The van der Waals surface area contributed by atoms with Crippen molar-refractivity contribution >= 4 is 28.4 Å². The van der Waals surface area contributed by atoms with E-state index >= 15 is 0 Å². The van der Waals surface area contributed by atoms with Crippen LogP contribution >= 0.6 is 0 Å². The van der Waals surface area contributed by atoms with Gasteiger partial charge in [-0.05, 0) is 48.8 Å². The number of amides is 2. The molecular formula is C27H23F4N3O5. The lowest BCUT2D eigenvalue weighted by atomic mass is 9.99. The summed E-state index contributed by atoms with van der Waals surface area (Å²) in [5.74, 6) is -2.00. The van der Waals surface area contributed by atoms with Crippen molar-refractivity contribution < 1.29 is 41.4 Å². The Balaban J connectivity index is 1.41. The fourth-order valence-electron chi connectivity index (χ4n) is 3.88. The van der Waals surface area contributed by atoms with Gasteiger partial charge in [0.1, 0.15) is 5.75 Å². The summed E-state index contributed by atoms with van der Waals surface area (Å²) in [5.41, 5.74) is 0.0359. The molecule has 0 atom stereocenters. The standard InChI is InChI=1S/C27H23F4N3O5/c1-37-23-12-18-20(13-24(23)38-2)32-9-8-21(18)39-22-7-6-17(11-19(22)28)34-26(36)25(35)33-14-15-4-3-5-16(10-15)27(29,30)31/h4,6-13H,3,5,14H2,1-2H3,(H,33,35)(H,34,36). The van der Waals surface area contributed by atoms with E-state index < -0.39 is 29.4 Å². The van der Waals surface area contributed by atoms with Crippen molar-refractivity contribution in [2.45, 2.75) is 19.0 Å². The van der Waals surface area contributed by atoms with Gasteiger partial charge in [0.2, 0.25) is 0 Å². The lowest BCUT2D eigenvalue weighted by Crippen LogP contribution is -2.36. The van der Waals surface area contributed by atoms with Crippen LogP contribution in [-0.4, -0.2) is 43.7 Å². The highest BCUT2D eigenvalue weighted by Gasteiger charge is 2.33. The van der Waals surface area contributed by atoms with Gasteiger partial charge in [-0.25, -0.2) is 4.39 Å². The largest absolute Gasteiger partial charge is 0.493 e. The quantitative estimate of drug-likeness (QED) is 0.303. The topological polar surface area (TPSA) is 98.8 Å². The third-order valence-corrected chi connectivity index (χ3v) is 5.82. The summed E-state index contributed by atoms with van der Waals surface area (Å²) in [6.07, 6.45) is -0.432. The summed E-state index contributed by atoms with van der Waals surface area (Å²) >= 11 is 0. The van der Waals surface area contributed by atoms with Crippen LogP contribution in [0.4, 0.5) is 23.2 Å². The summed E-state index contributed by atoms with van der Waals surface area (Å²) in [5, 5.41) is 5.05. The number of hydrogen-bond donors (Lipinski definition) is 2. The van der Waals surface area contributed by atoms with E-state index in [0.717, 1.165) is 12.1 Å². The predicted molar refractivity (Wildman–Crippen MR) is 134 cm³/mol. The van der Waals surface area contributed by atoms with Crippen molar-refractivity contribution in [3.8, 4) is 23.0 Å². The Bertz CT molecular complexity index is 1480. The average molecular weight is 545 g/mol. The number of ether oxygens (including phenoxy) is 3. The Morgan fingerprint density at radius 1 is 0.974 bits per heavy atom. The molecule has 2 aromatic carbocycles. The Kier molecular flexibility index (Phi) is 8.03. The average Bonchev–Trinajstić information content (AvgIpc) is 2.92. The molecule has 0 saturated heterocycles. The van der Waals surface area contributed by atoms with Gasteiger partial charge in [0, 0.05) is 41.5 Å². The molecule has 0 radical (unpaired) electrons. The summed E-state index contributed by atoms with van der Waals surface area (Å²) in [4.78, 5) is 28.6. The third kappa shape index (κ3) is 6.46. The molecule has 1 heterocycles. The first kappa shape index (κ1) is 27.4. The molecule has 4 rings (SSSR count). The summed E-state index contributed by atoms with van der Waals surface area (Å²) in [7, 11) is 2.96. The number of alkyl halides is 3. The van der Waals surface area contributed by atoms with E-state index in [1.807, 2.05) is 0 Å². The number of methoxy groups -OCH3 is 2. The highest BCUT2D eigenvalue weighted by atomic mass is 19.4. The summed E-state index contributed by atoms with van der Waals surface area (Å²) in [6.45, 7) is -0.260. The zero-order valence-electron chi connectivity index (χ0n) is 20.8. The molecule has 0 bridgehead atoms. The molecule has 1 aliphatic carbocycles. The first-order chi connectivity index (χ1) is 18.6. The number of nitrogens with one attached hydrogen (secondary N) is 2. The van der Waals surface area contributed by atoms with Gasteiger partial charge in [0.15, 0.2) is 23.1 Å². The van der Waals surface area contributed by atoms with E-state index in [9.17, 15) is 27.2 Å². The molecule has 3 aromatic rings. The molecule has 2 amide bonds. The molecule has 12 heteroatoms. The van der Waals surface area contributed by atoms with Crippen LogP contribution in [0.5, 0.6) is 23.0 Å². The van der Waals surface area contributed by atoms with Crippen LogP contribution in [-0.2, 0) is 9.59 Å². The van der Waals surface area contributed by atoms with Gasteiger partial charge in [-0.1, -0.05) is 6.08 Å². The lowest BCUT2D eigenvalue weighted by molar-refractivity contribution is -0.136. The highest BCUT2D eigenvalue weighted by Crippen LogP contribution is 2.37. The molecule has 0 unspecified atom stereocenters. The minimum absolute atomic E-state index is 0.0258. The van der Waals surface area contributed by atoms with Crippen molar-refractivity contribution in [3.05, 3.63) is 71.7 Å². The van der Waals surface area contributed by atoms with E-state index in [4.69, 9.17) is 14.2 Å². The maximum absolute atomic E-state index is 14.8. The molecule has 0 saturated carbocycles. The second-order valence-corrected chi connectivity index (χ2v) is 8.40. The second-order valence-electron chi connectivity index (χ2n) is 8.40. The number of halogens is 4. The number of fused-ring (bicyclic) bond motifs is 1. The Morgan fingerprint density at radius 2 is 1.72 bits per heavy atom. The molecular weight excluding hydrogens is 522 g/mol. The van der Waals surface area contributed by atoms with Crippen LogP contribution < -0.4 is 24.8 Å². The van der Waals surface area contributed by atoms with Gasteiger partial charge < -0.3 is 24.8 Å². The monoisotopic (exact) mass is 545 g/mol. The second kappa shape index (κ2) is 11.4. The number of hydrogen-bond acceptors (Lipinski definition) is 6. The fourth-order valence-corrected chi connectivity index (χ4v) is 3.88. The lowest BCUT2D eigenvalue weighted by Gasteiger charge is -2.16. The zero-order valence-corrected chi connectivity index (χ0v) is 20.8. The predicted octanol–water partition coefficient (Wildman–Crippen LogP) is 5.45. The Morgan fingerprint density at radius 3 is 2.41 bits per heavy atom. The number of anilines is 1. The zero-order chi connectivity index (χ0) is 28.2. The molecule has 1 aliphatic rings. The van der Waals surface area contributed by atoms with Gasteiger partial charge in [-0.15, -0.1) is 0 Å². The normalized spacial score (nSPS) is 13.3. The van der Waals surface area contributed by atoms with Crippen molar-refractivity contribution in [3.63, 3.8) is 0 Å². The van der Waals surface area contributed by atoms with Crippen molar-refractivity contribution in [2.75, 3.05) is 26.1 Å². The number of allylic oxidation sites excluding steroid dienone is 2. The van der Waals surface area contributed by atoms with E-state index in [0.29, 0.717) is 22.4 Å². The molecule has 0 aliphatic heterocycles. The van der Waals surface area contributed by atoms with E-state index in [1.54, 1.807) is 24.3 Å². The molecule has 2 N–H and O–H groups in total. The first-order valence-electron chi connectivity index (χ1n) is 11.6. The minimum atomic E-state index is -4.45. The van der Waals surface area contributed by atoms with Crippen molar-refractivity contribution in [1.82, 2.24) is 10.3 Å². The maximum Gasteiger partial charge on any atom is 0.412 e. The number of nitrogens with zero attached hydrogens (tertiary/aromatic N) is 1. The fraction of sp³-hybridized carbons (Fsp3) is 0.222. The third-order valence-electron chi connectivity index (χ3n) is 5.82. The van der Waals surface area contributed by atoms with Crippen LogP contribution in [0.15, 0.2) is 65.9 Å². The molecule has 0 fully saturated rings. The van der Waals surface area contributed by atoms with Crippen LogP contribution in [0.1, 0.15) is 12.8 Å². The van der Waals surface area contributed by atoms with Crippen LogP contribution in [0.2, 0.25) is 0 Å². The van der Waals surface area contributed by atoms with E-state index in [1.165, 1.54) is 32.5 Å². The minimum Gasteiger partial charge on any atom is -0.493 e. The van der Waals surface area contributed by atoms with Crippen LogP contribution in [0.3, 0.4) is 0 Å². The summed E-state index contributed by atoms with van der Waals surface area (Å²) in [6, 6.07) is 8.41. The number of pyridine rings is 1. The Hall–Kier alpha value is -4.61. The van der Waals surface area contributed by atoms with Gasteiger partial charge >= 0.3 is 18.0 Å². The summed E-state index contributed by atoms with van der Waals surface area (Å²) < 4.78 is 69.8. The smallest absolute Gasteiger partial charge is 0.412 e. The van der Waals surface area contributed by atoms with Crippen LogP contribution in [0, 0.1) is 5.82 Å². The van der Waals surface area contributed by atoms with E-state index in [2.05, 4.69) is 15.6 Å². The number of benzene rings is 2. The van der Waals surface area contributed by atoms with Gasteiger partial charge in [-0.2, -0.15) is 13.2 Å². The van der Waals surface area contributed by atoms with E-state index in [-0.39, 0.29) is 42.1 Å². The highest BCUT2D eigenvalue weighted by molar-refractivity contribution is 6.39. The van der Waals surface area contributed by atoms with Crippen LogP contribution in [0.25, 0.3) is 10.9 Å². The molecule has 0 spiro atoms. The molecule has 8 nitrogen and oxygen atoms in total. The van der Waals surface area contributed by atoms with Gasteiger partial charge in [0.25, 0.3) is 0 Å². The number of carbonyl (C=O) groups excluding carboxylic acids is 2. The van der Waals surface area contributed by atoms with Gasteiger partial charge in [-0.3, -0.25) is 14.6 Å². The molecule has 204 valence electrons. The van der Waals surface area contributed by atoms with Crippen molar-refractivity contribution in [1.29, 1.82) is 0 Å². The number of carbonyl (C=O) groups is 2. The first-order valence-corrected chi connectivity index (χ1v) is 11.6. The van der Waals surface area contributed by atoms with Crippen molar-refractivity contribution in [2.24, 2.45) is 0 Å². The molecule has 39 heavy (non-hydrogen) atoms. The maximum atomic E-state index is 14.8. The van der Waals surface area contributed by atoms with Gasteiger partial charge in [0.05, 0.1) is 19.7 Å².